The van der Waals surface area contributed by atoms with Crippen molar-refractivity contribution in [3.63, 3.8) is 0 Å². The van der Waals surface area contributed by atoms with E-state index in [0.717, 1.165) is 10.7 Å². The Kier molecular flexibility index (Phi) is 3.56. The molecule has 12 heteroatoms. The van der Waals surface area contributed by atoms with Gasteiger partial charge in [0.1, 0.15) is 17.2 Å². The molecule has 196 valence electrons. The third-order valence-corrected chi connectivity index (χ3v) is 10.8. The van der Waals surface area contributed by atoms with Gasteiger partial charge in [0.05, 0.1) is 11.7 Å². The molecule has 4 aromatic rings. The first-order valence-electron chi connectivity index (χ1n) is 13.0. The molecule has 10 rings (SSSR count). The van der Waals surface area contributed by atoms with Crippen LogP contribution in [0, 0.1) is 52.2 Å². The lowest BCUT2D eigenvalue weighted by molar-refractivity contribution is -0.638. The summed E-state index contributed by atoms with van der Waals surface area (Å²) in [6, 6.07) is 6.30. The Morgan fingerprint density at radius 2 is 1.82 bits per heavy atom. The topological polar surface area (TPSA) is 151 Å². The predicted octanol–water partition coefficient (Wildman–Crippen LogP) is 1.29. The lowest BCUT2D eigenvalue weighted by atomic mass is 8.92. The van der Waals surface area contributed by atoms with Crippen LogP contribution in [0.3, 0.4) is 0 Å². The summed E-state index contributed by atoms with van der Waals surface area (Å²) in [6.07, 6.45) is 0.960. The Morgan fingerprint density at radius 1 is 1.08 bits per heavy atom. The molecule has 6 aliphatic rings. The number of aromatic amines is 1. The van der Waals surface area contributed by atoms with Crippen LogP contribution in [-0.2, 0) is 11.3 Å². The third kappa shape index (κ3) is 2.10. The number of oxazole rings is 1. The van der Waals surface area contributed by atoms with Gasteiger partial charge in [-0.3, -0.25) is 19.4 Å². The number of carbonyl (C=O) groups is 3. The van der Waals surface area contributed by atoms with Crippen molar-refractivity contribution >= 4 is 34.3 Å². The van der Waals surface area contributed by atoms with Crippen LogP contribution in [0.5, 0.6) is 0 Å². The number of amides is 2. The van der Waals surface area contributed by atoms with E-state index in [0.29, 0.717) is 64.5 Å². The highest BCUT2D eigenvalue weighted by Crippen LogP contribution is 3.10. The Balaban J connectivity index is 0.939. The molecular weight excluding hydrogens is 507 g/mol. The number of Topliss-reactive ketones (excluding diaryl/α,β-unsaturated/α-hetero) is 1. The maximum Gasteiger partial charge on any atom is 0.417 e. The van der Waals surface area contributed by atoms with E-state index in [9.17, 15) is 23.6 Å². The number of rotatable bonds is 7. The lowest BCUT2D eigenvalue weighted by Crippen LogP contribution is -3.11. The molecular formula is C27H21FN6O5. The van der Waals surface area contributed by atoms with E-state index in [4.69, 9.17) is 4.42 Å². The standard InChI is InChI=1S/C27H21FN6O5/c1-9(35)27-19-16-20(27)18-21(27)17(19)26(16,18)8-30-24(37)14-5-13(32-22-11(28)7-31-34(14)22)23(36)29-6-10-2-3-15-12(4-10)33-25(38)39-15/h2-5,7,16-21H,6,8H2,1H3,(H,29,36)(H,30,37)(H,33,38). The minimum Gasteiger partial charge on any atom is -0.408 e. The van der Waals surface area contributed by atoms with Crippen molar-refractivity contribution in [3.05, 3.63) is 63.8 Å². The van der Waals surface area contributed by atoms with E-state index in [1.165, 1.54) is 6.07 Å². The fraction of sp³-hybridized carbons (Fsp3) is 0.407. The summed E-state index contributed by atoms with van der Waals surface area (Å²) in [5.74, 6) is 1.07. The average Bonchev–Trinajstić information content (AvgIpc) is 3.50. The molecule has 6 saturated carbocycles. The largest absolute Gasteiger partial charge is 0.417 e. The van der Waals surface area contributed by atoms with Gasteiger partial charge >= 0.3 is 5.76 Å². The van der Waals surface area contributed by atoms with Gasteiger partial charge in [-0.2, -0.15) is 5.10 Å². The Labute approximate surface area is 218 Å². The molecule has 0 atom stereocenters. The van der Waals surface area contributed by atoms with Gasteiger partial charge in [-0.1, -0.05) is 6.07 Å². The molecule has 0 radical (unpaired) electrons. The van der Waals surface area contributed by atoms with E-state index < -0.39 is 23.4 Å². The fourth-order valence-electron chi connectivity index (χ4n) is 9.73. The minimum absolute atomic E-state index is 0.0172. The third-order valence-electron chi connectivity index (χ3n) is 10.8. The van der Waals surface area contributed by atoms with Crippen molar-refractivity contribution in [2.75, 3.05) is 6.54 Å². The van der Waals surface area contributed by atoms with Crippen molar-refractivity contribution in [1.29, 1.82) is 0 Å². The van der Waals surface area contributed by atoms with Gasteiger partial charge in [0, 0.05) is 24.6 Å². The Bertz CT molecular complexity index is 1850. The van der Waals surface area contributed by atoms with Crippen LogP contribution in [0.4, 0.5) is 4.39 Å². The summed E-state index contributed by atoms with van der Waals surface area (Å²) in [6.45, 7) is 2.34. The zero-order chi connectivity index (χ0) is 26.6. The van der Waals surface area contributed by atoms with Crippen LogP contribution < -0.4 is 16.4 Å². The van der Waals surface area contributed by atoms with Crippen molar-refractivity contribution in [2.45, 2.75) is 13.5 Å². The molecule has 11 nitrogen and oxygen atoms in total. The second kappa shape index (κ2) is 6.44. The molecule has 0 unspecified atom stereocenters. The van der Waals surface area contributed by atoms with Crippen molar-refractivity contribution in [3.8, 4) is 0 Å². The molecule has 0 saturated heterocycles. The van der Waals surface area contributed by atoms with Crippen LogP contribution in [0.2, 0.25) is 0 Å². The molecule has 6 fully saturated rings. The maximum absolute atomic E-state index is 14.5. The van der Waals surface area contributed by atoms with Crippen LogP contribution in [-0.4, -0.2) is 43.7 Å². The number of H-pyrrole nitrogens is 1. The number of hydrogen-bond acceptors (Lipinski definition) is 7. The molecule has 0 aliphatic heterocycles. The smallest absolute Gasteiger partial charge is 0.408 e. The summed E-state index contributed by atoms with van der Waals surface area (Å²) < 4.78 is 20.6. The van der Waals surface area contributed by atoms with Crippen molar-refractivity contribution in [2.24, 2.45) is 46.3 Å². The van der Waals surface area contributed by atoms with E-state index in [1.54, 1.807) is 25.1 Å². The summed E-state index contributed by atoms with van der Waals surface area (Å²) >= 11 is 0. The summed E-state index contributed by atoms with van der Waals surface area (Å²) in [4.78, 5) is 56.5. The van der Waals surface area contributed by atoms with Gasteiger partial charge in [0.15, 0.2) is 17.0 Å². The first-order valence-corrected chi connectivity index (χ1v) is 13.0. The maximum atomic E-state index is 14.5. The number of hydrogen-bond donors (Lipinski definition) is 3. The SMILES string of the molecule is CC(=O)C12C3C4C1C1C2C3C41CNC(=O)c1cc(C(=O)NCc2ccc3oc(=O)[nH]c3c2)nc2c(F)cnn12. The van der Waals surface area contributed by atoms with E-state index in [-0.39, 0.29) is 34.4 Å². The molecule has 2 amide bonds. The van der Waals surface area contributed by atoms with Crippen LogP contribution >= 0.6 is 0 Å². The molecule has 0 bridgehead atoms. The normalized spacial score (nSPS) is 35.2. The lowest BCUT2D eigenvalue weighted by Gasteiger charge is -3.11. The Hall–Kier alpha value is -4.35. The number of nitrogens with zero attached hydrogens (tertiary/aromatic N) is 3. The van der Waals surface area contributed by atoms with Gasteiger partial charge in [-0.25, -0.2) is 18.7 Å². The number of ketones is 1. The van der Waals surface area contributed by atoms with Gasteiger partial charge < -0.3 is 15.1 Å². The fourth-order valence-corrected chi connectivity index (χ4v) is 9.73. The molecule has 3 aromatic heterocycles. The molecule has 3 heterocycles. The van der Waals surface area contributed by atoms with Crippen LogP contribution in [0.15, 0.2) is 39.7 Å². The van der Waals surface area contributed by atoms with Gasteiger partial charge in [-0.05, 0) is 65.5 Å². The monoisotopic (exact) mass is 528 g/mol. The second-order valence-electron chi connectivity index (χ2n) is 11.7. The number of aromatic nitrogens is 4. The highest BCUT2D eigenvalue weighted by atomic mass is 19.1. The number of nitrogens with one attached hydrogen (secondary N) is 3. The van der Waals surface area contributed by atoms with Gasteiger partial charge in [0.2, 0.25) is 0 Å². The number of benzene rings is 1. The van der Waals surface area contributed by atoms with Crippen LogP contribution in [0.25, 0.3) is 16.7 Å². The zero-order valence-electron chi connectivity index (χ0n) is 20.5. The van der Waals surface area contributed by atoms with Crippen molar-refractivity contribution < 1.29 is 23.2 Å². The Morgan fingerprint density at radius 3 is 2.54 bits per heavy atom. The number of carbonyl (C=O) groups excluding carboxylic acids is 3. The van der Waals surface area contributed by atoms with Crippen molar-refractivity contribution in [1.82, 2.24) is 30.2 Å². The first-order chi connectivity index (χ1) is 18.8. The molecule has 6 aliphatic carbocycles. The summed E-state index contributed by atoms with van der Waals surface area (Å²) in [7, 11) is 0. The first kappa shape index (κ1) is 21.6. The minimum atomic E-state index is -0.746. The summed E-state index contributed by atoms with van der Waals surface area (Å²) in [5.41, 5.74) is 1.35. The van der Waals surface area contributed by atoms with Crippen LogP contribution in [0.1, 0.15) is 33.5 Å². The van der Waals surface area contributed by atoms with E-state index >= 15 is 0 Å². The van der Waals surface area contributed by atoms with E-state index in [1.807, 2.05) is 0 Å². The van der Waals surface area contributed by atoms with Gasteiger partial charge in [0.25, 0.3) is 11.8 Å². The predicted molar refractivity (Wildman–Crippen MR) is 130 cm³/mol. The highest BCUT2D eigenvalue weighted by Gasteiger charge is 3.10. The molecule has 3 N–H and O–H groups in total. The average molecular weight is 529 g/mol. The second-order valence-corrected chi connectivity index (χ2v) is 11.7. The zero-order valence-corrected chi connectivity index (χ0v) is 20.5. The van der Waals surface area contributed by atoms with Gasteiger partial charge in [-0.15, -0.1) is 0 Å². The molecule has 0 spiro atoms. The molecule has 39 heavy (non-hydrogen) atoms. The number of fused-ring (bicyclic) bond motifs is 2. The molecule has 1 aromatic carbocycles. The summed E-state index contributed by atoms with van der Waals surface area (Å²) in [5, 5.41) is 9.70. The van der Waals surface area contributed by atoms with E-state index in [2.05, 4.69) is 25.7 Å². The highest BCUT2D eigenvalue weighted by molar-refractivity contribution is 5.98. The quantitative estimate of drug-likeness (QED) is 0.327. The number of halogens is 1.